The lowest BCUT2D eigenvalue weighted by molar-refractivity contribution is 0.0562. The van der Waals surface area contributed by atoms with E-state index in [1.54, 1.807) is 32.4 Å². The second-order valence-electron chi connectivity index (χ2n) is 9.06. The van der Waals surface area contributed by atoms with Gasteiger partial charge in [-0.2, -0.15) is 0 Å². The van der Waals surface area contributed by atoms with Crippen LogP contribution < -0.4 is 9.47 Å². The Hall–Kier alpha value is -3.05. The van der Waals surface area contributed by atoms with E-state index < -0.39 is 0 Å². The van der Waals surface area contributed by atoms with E-state index in [9.17, 15) is 9.59 Å². The third-order valence-electron chi connectivity index (χ3n) is 7.04. The normalized spacial score (nSPS) is 17.1. The first-order chi connectivity index (χ1) is 16.9. The number of ether oxygens (including phenoxy) is 2. The van der Waals surface area contributed by atoms with Crippen molar-refractivity contribution in [2.75, 3.05) is 40.4 Å². The van der Waals surface area contributed by atoms with Crippen LogP contribution in [0.5, 0.6) is 11.5 Å². The maximum Gasteiger partial charge on any atom is 0.273 e. The summed E-state index contributed by atoms with van der Waals surface area (Å²) in [6.45, 7) is 4.61. The van der Waals surface area contributed by atoms with Gasteiger partial charge in [0.05, 0.1) is 25.5 Å². The lowest BCUT2D eigenvalue weighted by Crippen LogP contribution is -2.44. The maximum absolute atomic E-state index is 13.2. The summed E-state index contributed by atoms with van der Waals surface area (Å²) < 4.78 is 14.7. The van der Waals surface area contributed by atoms with Crippen molar-refractivity contribution in [3.8, 4) is 21.4 Å². The molecule has 3 aromatic rings. The van der Waals surface area contributed by atoms with E-state index in [0.29, 0.717) is 48.9 Å². The zero-order valence-corrected chi connectivity index (χ0v) is 21.6. The van der Waals surface area contributed by atoms with Gasteiger partial charge < -0.3 is 19.3 Å². The largest absolute Gasteiger partial charge is 0.497 e. The molecule has 2 aromatic heterocycles. The molecule has 0 saturated carbocycles. The molecular weight excluding hydrogens is 486 g/mol. The van der Waals surface area contributed by atoms with Gasteiger partial charge in [0.15, 0.2) is 0 Å². The van der Waals surface area contributed by atoms with Crippen LogP contribution in [0.1, 0.15) is 45.8 Å². The fourth-order valence-corrected chi connectivity index (χ4v) is 6.50. The van der Waals surface area contributed by atoms with Gasteiger partial charge in [-0.25, -0.2) is 4.98 Å². The quantitative estimate of drug-likeness (QED) is 0.512. The molecule has 0 bridgehead atoms. The van der Waals surface area contributed by atoms with Crippen LogP contribution in [-0.4, -0.2) is 76.6 Å². The van der Waals surface area contributed by atoms with Gasteiger partial charge in [0, 0.05) is 31.6 Å². The standard InChI is InChI=1S/C24H27N5O4S2/c1-15-20(35-27-26-15)21-25-18(13-34-21)23(31)29-11-8-24(14-29)6-9-28(10-7-24)22(30)17-12-16(32-2)4-5-19(17)33-3/h4-5,12-13H,6-11,14H2,1-3H3. The summed E-state index contributed by atoms with van der Waals surface area (Å²) in [6, 6.07) is 5.27. The number of rotatable bonds is 5. The van der Waals surface area contributed by atoms with Crippen LogP contribution in [0.3, 0.4) is 0 Å². The molecule has 2 aliphatic rings. The molecule has 0 N–H and O–H groups in total. The van der Waals surface area contributed by atoms with Crippen molar-refractivity contribution in [1.82, 2.24) is 24.4 Å². The lowest BCUT2D eigenvalue weighted by atomic mass is 9.77. The molecule has 1 spiro atoms. The summed E-state index contributed by atoms with van der Waals surface area (Å²) in [7, 11) is 3.15. The molecule has 2 amide bonds. The van der Waals surface area contributed by atoms with E-state index in [1.807, 2.05) is 22.1 Å². The number of aryl methyl sites for hydroxylation is 1. The Morgan fingerprint density at radius 2 is 1.77 bits per heavy atom. The van der Waals surface area contributed by atoms with Gasteiger partial charge in [-0.3, -0.25) is 9.59 Å². The van der Waals surface area contributed by atoms with E-state index in [1.165, 1.54) is 22.9 Å². The van der Waals surface area contributed by atoms with E-state index >= 15 is 0 Å². The molecule has 2 fully saturated rings. The lowest BCUT2D eigenvalue weighted by Gasteiger charge is -2.39. The molecule has 0 atom stereocenters. The number of nitrogens with zero attached hydrogens (tertiary/aromatic N) is 5. The Morgan fingerprint density at radius 1 is 1.03 bits per heavy atom. The van der Waals surface area contributed by atoms with Crippen molar-refractivity contribution < 1.29 is 19.1 Å². The van der Waals surface area contributed by atoms with Gasteiger partial charge in [-0.1, -0.05) is 4.49 Å². The Balaban J connectivity index is 1.22. The highest BCUT2D eigenvalue weighted by Crippen LogP contribution is 2.41. The van der Waals surface area contributed by atoms with Gasteiger partial charge in [0.25, 0.3) is 11.8 Å². The third kappa shape index (κ3) is 4.50. The van der Waals surface area contributed by atoms with Crippen molar-refractivity contribution >= 4 is 34.7 Å². The molecule has 11 heteroatoms. The van der Waals surface area contributed by atoms with Gasteiger partial charge in [0.1, 0.15) is 27.1 Å². The molecular formula is C24H27N5O4S2. The molecule has 0 aliphatic carbocycles. The summed E-state index contributed by atoms with van der Waals surface area (Å²) in [5.74, 6) is 1.09. The van der Waals surface area contributed by atoms with Crippen molar-refractivity contribution in [3.63, 3.8) is 0 Å². The number of carbonyl (C=O) groups is 2. The number of aromatic nitrogens is 3. The average Bonchev–Trinajstić information content (AvgIpc) is 3.63. The minimum atomic E-state index is -0.0515. The number of amides is 2. The molecule has 35 heavy (non-hydrogen) atoms. The highest BCUT2D eigenvalue weighted by molar-refractivity contribution is 7.18. The van der Waals surface area contributed by atoms with E-state index in [0.717, 1.165) is 34.8 Å². The number of carbonyl (C=O) groups excluding carboxylic acids is 2. The number of hydrogen-bond donors (Lipinski definition) is 0. The second kappa shape index (κ2) is 9.54. The van der Waals surface area contributed by atoms with Gasteiger partial charge in [-0.15, -0.1) is 16.4 Å². The summed E-state index contributed by atoms with van der Waals surface area (Å²) in [5, 5.41) is 6.65. The van der Waals surface area contributed by atoms with Crippen molar-refractivity contribution in [2.45, 2.75) is 26.2 Å². The van der Waals surface area contributed by atoms with Crippen LogP contribution in [-0.2, 0) is 0 Å². The Bertz CT molecular complexity index is 1250. The van der Waals surface area contributed by atoms with Gasteiger partial charge in [0.2, 0.25) is 0 Å². The number of piperidine rings is 1. The highest BCUT2D eigenvalue weighted by atomic mass is 32.1. The topological polar surface area (TPSA) is 97.8 Å². The van der Waals surface area contributed by atoms with Crippen LogP contribution in [0.15, 0.2) is 23.6 Å². The maximum atomic E-state index is 13.2. The molecule has 0 unspecified atom stereocenters. The van der Waals surface area contributed by atoms with Gasteiger partial charge >= 0.3 is 0 Å². The summed E-state index contributed by atoms with van der Waals surface area (Å²) in [5.41, 5.74) is 1.86. The number of thiazole rings is 1. The van der Waals surface area contributed by atoms with Crippen LogP contribution in [0.2, 0.25) is 0 Å². The third-order valence-corrected chi connectivity index (χ3v) is 8.87. The molecule has 2 saturated heterocycles. The van der Waals surface area contributed by atoms with Gasteiger partial charge in [-0.05, 0) is 61.3 Å². The summed E-state index contributed by atoms with van der Waals surface area (Å²) in [4.78, 5) is 35.7. The second-order valence-corrected chi connectivity index (χ2v) is 10.7. The van der Waals surface area contributed by atoms with Crippen LogP contribution in [0, 0.1) is 12.3 Å². The monoisotopic (exact) mass is 513 g/mol. The van der Waals surface area contributed by atoms with Crippen molar-refractivity contribution in [2.24, 2.45) is 5.41 Å². The average molecular weight is 514 g/mol. The first-order valence-electron chi connectivity index (χ1n) is 11.5. The smallest absolute Gasteiger partial charge is 0.273 e. The summed E-state index contributed by atoms with van der Waals surface area (Å²) in [6.07, 6.45) is 2.67. The first-order valence-corrected chi connectivity index (χ1v) is 13.1. The van der Waals surface area contributed by atoms with Crippen molar-refractivity contribution in [3.05, 3.63) is 40.5 Å². The number of methoxy groups -OCH3 is 2. The minimum absolute atomic E-state index is 0.0286. The molecule has 4 heterocycles. The fourth-order valence-electron chi connectivity index (χ4n) is 4.92. The highest BCUT2D eigenvalue weighted by Gasteiger charge is 2.43. The number of hydrogen-bond acceptors (Lipinski definition) is 9. The zero-order valence-electron chi connectivity index (χ0n) is 19.9. The molecule has 0 radical (unpaired) electrons. The summed E-state index contributed by atoms with van der Waals surface area (Å²) >= 11 is 2.75. The molecule has 1 aromatic carbocycles. The molecule has 5 rings (SSSR count). The predicted molar refractivity (Wildman–Crippen MR) is 133 cm³/mol. The van der Waals surface area contributed by atoms with Crippen LogP contribution in [0.4, 0.5) is 0 Å². The van der Waals surface area contributed by atoms with Crippen molar-refractivity contribution in [1.29, 1.82) is 0 Å². The fraction of sp³-hybridized carbons (Fsp3) is 0.458. The number of likely N-dealkylation sites (tertiary alicyclic amines) is 2. The van der Waals surface area contributed by atoms with E-state index in [2.05, 4.69) is 14.6 Å². The molecule has 9 nitrogen and oxygen atoms in total. The SMILES string of the molecule is COc1ccc(OC)c(C(=O)N2CCC3(CCN(C(=O)c4csc(-c5snnc5C)n4)C3)CC2)c1. The van der Waals surface area contributed by atoms with E-state index in [-0.39, 0.29) is 17.2 Å². The molecule has 2 aliphatic heterocycles. The minimum Gasteiger partial charge on any atom is -0.497 e. The zero-order chi connectivity index (χ0) is 24.6. The Morgan fingerprint density at radius 3 is 2.43 bits per heavy atom. The Labute approximate surface area is 211 Å². The molecule has 184 valence electrons. The number of benzene rings is 1. The van der Waals surface area contributed by atoms with Crippen LogP contribution in [0.25, 0.3) is 9.88 Å². The van der Waals surface area contributed by atoms with Crippen LogP contribution >= 0.6 is 22.9 Å². The Kier molecular flexibility index (Phi) is 6.45. The van der Waals surface area contributed by atoms with E-state index in [4.69, 9.17) is 9.47 Å². The first kappa shape index (κ1) is 23.7. The predicted octanol–water partition coefficient (Wildman–Crippen LogP) is 3.76.